The van der Waals surface area contributed by atoms with E-state index in [-0.39, 0.29) is 75.9 Å². The fraction of sp³-hybridized carbons (Fsp3) is 1.00. The second kappa shape index (κ2) is 14.1. The highest BCUT2D eigenvalue weighted by Crippen LogP contribution is 2.53. The van der Waals surface area contributed by atoms with Crippen molar-refractivity contribution in [3.8, 4) is 0 Å². The van der Waals surface area contributed by atoms with Crippen molar-refractivity contribution in [3.63, 3.8) is 0 Å². The summed E-state index contributed by atoms with van der Waals surface area (Å²) in [6.45, 7) is 44.0. The SMILES string of the molecule is CC1(C)OCC(C)(C)[C@H](C[C@@H]2OC(C)(C)O[C@H](C[C@H]3OC(C)(C)O[C@@H](C[C@@H]4OC(C)(C)O[C@H](C[C@H]5OC(C)(C)OCC5(C)C)C4(C)C)C3(C)C)C2(C)C)O1. The van der Waals surface area contributed by atoms with Gasteiger partial charge in [0.05, 0.1) is 62.0 Å². The Morgan fingerprint density at radius 1 is 0.278 bits per heavy atom. The first-order chi connectivity index (χ1) is 24.1. The second-order valence-corrected chi connectivity index (χ2v) is 22.8. The topological polar surface area (TPSA) is 92.3 Å². The van der Waals surface area contributed by atoms with Crippen LogP contribution in [0.25, 0.3) is 0 Å². The lowest BCUT2D eigenvalue weighted by atomic mass is 9.67. The minimum absolute atomic E-state index is 0.0364. The highest BCUT2D eigenvalue weighted by atomic mass is 16.7. The van der Waals surface area contributed by atoms with Gasteiger partial charge in [0.2, 0.25) is 0 Å². The van der Waals surface area contributed by atoms with Crippen LogP contribution in [0.4, 0.5) is 0 Å². The van der Waals surface area contributed by atoms with Crippen molar-refractivity contribution in [2.75, 3.05) is 13.2 Å². The average molecular weight is 769 g/mol. The first-order valence-corrected chi connectivity index (χ1v) is 20.8. The molecule has 0 unspecified atom stereocenters. The molecular formula is C44H80O10. The molecule has 10 nitrogen and oxygen atoms in total. The summed E-state index contributed by atoms with van der Waals surface area (Å²) < 4.78 is 66.3. The lowest BCUT2D eigenvalue weighted by Crippen LogP contribution is -2.63. The molecule has 5 rings (SSSR count). The van der Waals surface area contributed by atoms with Gasteiger partial charge in [-0.25, -0.2) is 0 Å². The van der Waals surface area contributed by atoms with E-state index in [0.717, 1.165) is 12.8 Å². The minimum Gasteiger partial charge on any atom is -0.350 e. The maximum Gasteiger partial charge on any atom is 0.163 e. The van der Waals surface area contributed by atoms with Crippen LogP contribution in [0.15, 0.2) is 0 Å². The van der Waals surface area contributed by atoms with Crippen LogP contribution in [0.5, 0.6) is 0 Å². The molecule has 0 radical (unpaired) electrons. The molecule has 0 spiro atoms. The third kappa shape index (κ3) is 9.55. The zero-order valence-corrected chi connectivity index (χ0v) is 37.9. The monoisotopic (exact) mass is 769 g/mol. The molecule has 8 atom stereocenters. The van der Waals surface area contributed by atoms with Gasteiger partial charge >= 0.3 is 0 Å². The van der Waals surface area contributed by atoms with Crippen LogP contribution >= 0.6 is 0 Å². The Morgan fingerprint density at radius 3 is 0.685 bits per heavy atom. The molecule has 5 aliphatic rings. The summed E-state index contributed by atoms with van der Waals surface area (Å²) in [5, 5.41) is 0. The van der Waals surface area contributed by atoms with Gasteiger partial charge in [-0.2, -0.15) is 0 Å². The zero-order valence-electron chi connectivity index (χ0n) is 37.9. The van der Waals surface area contributed by atoms with Crippen molar-refractivity contribution in [1.29, 1.82) is 0 Å². The predicted molar refractivity (Wildman–Crippen MR) is 209 cm³/mol. The molecule has 0 bridgehead atoms. The summed E-state index contributed by atoms with van der Waals surface area (Å²) in [5.74, 6) is -3.66. The van der Waals surface area contributed by atoms with E-state index >= 15 is 0 Å². The Bertz CT molecular complexity index is 1230. The van der Waals surface area contributed by atoms with Gasteiger partial charge in [0.25, 0.3) is 0 Å². The van der Waals surface area contributed by atoms with Gasteiger partial charge in [-0.15, -0.1) is 0 Å². The molecule has 0 aromatic rings. The Labute approximate surface area is 329 Å². The molecular weight excluding hydrogens is 688 g/mol. The van der Waals surface area contributed by atoms with Crippen LogP contribution < -0.4 is 0 Å². The molecule has 5 aliphatic heterocycles. The Morgan fingerprint density at radius 2 is 0.463 bits per heavy atom. The summed E-state index contributed by atoms with van der Waals surface area (Å²) in [6.07, 6.45) is 1.95. The quantitative estimate of drug-likeness (QED) is 0.238. The van der Waals surface area contributed by atoms with Crippen LogP contribution in [0.2, 0.25) is 0 Å². The van der Waals surface area contributed by atoms with Crippen LogP contribution in [0, 0.1) is 27.1 Å². The van der Waals surface area contributed by atoms with E-state index in [1.54, 1.807) is 0 Å². The zero-order chi connectivity index (χ0) is 40.9. The van der Waals surface area contributed by atoms with Gasteiger partial charge in [0.1, 0.15) is 0 Å². The number of ether oxygens (including phenoxy) is 10. The van der Waals surface area contributed by atoms with E-state index in [0.29, 0.717) is 26.1 Å². The molecule has 0 aromatic carbocycles. The first kappa shape index (κ1) is 44.7. The second-order valence-electron chi connectivity index (χ2n) is 22.8. The Balaban J connectivity index is 1.37. The van der Waals surface area contributed by atoms with E-state index in [4.69, 9.17) is 47.4 Å². The maximum atomic E-state index is 6.90. The third-order valence-corrected chi connectivity index (χ3v) is 13.4. The van der Waals surface area contributed by atoms with Gasteiger partial charge in [0, 0.05) is 52.8 Å². The summed E-state index contributed by atoms with van der Waals surface area (Å²) in [7, 11) is 0. The molecule has 0 amide bonds. The summed E-state index contributed by atoms with van der Waals surface area (Å²) >= 11 is 0. The Hall–Kier alpha value is -0.400. The molecule has 10 heteroatoms. The van der Waals surface area contributed by atoms with Gasteiger partial charge in [-0.3, -0.25) is 0 Å². The molecule has 5 saturated heterocycles. The van der Waals surface area contributed by atoms with E-state index in [2.05, 4.69) is 69.2 Å². The number of hydrogen-bond donors (Lipinski definition) is 0. The lowest BCUT2D eigenvalue weighted by Gasteiger charge is -2.58. The van der Waals surface area contributed by atoms with E-state index in [1.807, 2.05) is 69.2 Å². The third-order valence-electron chi connectivity index (χ3n) is 13.4. The molecule has 5 heterocycles. The van der Waals surface area contributed by atoms with E-state index < -0.39 is 28.9 Å². The maximum absolute atomic E-state index is 6.90. The fourth-order valence-electron chi connectivity index (χ4n) is 9.27. The van der Waals surface area contributed by atoms with Crippen LogP contribution in [0.3, 0.4) is 0 Å². The van der Waals surface area contributed by atoms with E-state index in [1.165, 1.54) is 0 Å². The van der Waals surface area contributed by atoms with Crippen molar-refractivity contribution in [2.45, 2.75) is 242 Å². The lowest BCUT2D eigenvalue weighted by molar-refractivity contribution is -0.386. The van der Waals surface area contributed by atoms with Gasteiger partial charge in [-0.05, 0) is 69.2 Å². The highest BCUT2D eigenvalue weighted by molar-refractivity contribution is 5.04. The molecule has 316 valence electrons. The standard InChI is InChI=1S/C44H80O10/c1-35(2)25-45-40(11,12)47-27(35)21-29-37(5,6)31(51-42(15,16)49-29)23-33-39(9,10)34(54-44(19,20)53-33)24-32-38(7,8)30(50-43(17,18)52-32)22-28-36(3,4)26-46-41(13,14)48-28/h27-34H,21-26H2,1-20H3/t27-,28+,29-,30+,31+,32-,33+,34-. The summed E-state index contributed by atoms with van der Waals surface area (Å²) in [5.41, 5.74) is -1.38. The van der Waals surface area contributed by atoms with Crippen molar-refractivity contribution in [2.24, 2.45) is 27.1 Å². The molecule has 54 heavy (non-hydrogen) atoms. The summed E-state index contributed by atoms with van der Waals surface area (Å²) in [6, 6.07) is 0. The van der Waals surface area contributed by atoms with Gasteiger partial charge < -0.3 is 47.4 Å². The summed E-state index contributed by atoms with van der Waals surface area (Å²) in [4.78, 5) is 0. The molecule has 0 saturated carbocycles. The van der Waals surface area contributed by atoms with E-state index in [9.17, 15) is 0 Å². The normalized spacial score (nSPS) is 41.1. The van der Waals surface area contributed by atoms with Crippen molar-refractivity contribution >= 4 is 0 Å². The molecule has 0 N–H and O–H groups in total. The Kier molecular flexibility index (Phi) is 11.7. The predicted octanol–water partition coefficient (Wildman–Crippen LogP) is 9.54. The first-order valence-electron chi connectivity index (χ1n) is 20.8. The van der Waals surface area contributed by atoms with Crippen molar-refractivity contribution in [3.05, 3.63) is 0 Å². The number of rotatable bonds is 8. The van der Waals surface area contributed by atoms with Crippen LogP contribution in [-0.4, -0.2) is 91.0 Å². The number of hydrogen-bond acceptors (Lipinski definition) is 10. The van der Waals surface area contributed by atoms with Crippen LogP contribution in [0.1, 0.15) is 164 Å². The largest absolute Gasteiger partial charge is 0.350 e. The van der Waals surface area contributed by atoms with Gasteiger partial charge in [-0.1, -0.05) is 69.2 Å². The highest BCUT2D eigenvalue weighted by Gasteiger charge is 2.59. The van der Waals surface area contributed by atoms with Gasteiger partial charge in [0.15, 0.2) is 28.9 Å². The molecule has 0 aromatic heterocycles. The molecule has 5 fully saturated rings. The smallest absolute Gasteiger partial charge is 0.163 e. The minimum atomic E-state index is -0.809. The van der Waals surface area contributed by atoms with Crippen molar-refractivity contribution < 1.29 is 47.4 Å². The van der Waals surface area contributed by atoms with Crippen LogP contribution in [-0.2, 0) is 47.4 Å². The van der Waals surface area contributed by atoms with Crippen molar-refractivity contribution in [1.82, 2.24) is 0 Å². The average Bonchev–Trinajstić information content (AvgIpc) is 2.96. The fourth-order valence-corrected chi connectivity index (χ4v) is 9.27. The molecule has 0 aliphatic carbocycles.